The molecule has 2 atom stereocenters. The second-order valence-corrected chi connectivity index (χ2v) is 4.89. The number of hydrogen-bond acceptors (Lipinski definition) is 2. The first-order valence-electron chi connectivity index (χ1n) is 5.70. The summed E-state index contributed by atoms with van der Waals surface area (Å²) in [5.74, 6) is 0.803. The summed E-state index contributed by atoms with van der Waals surface area (Å²) < 4.78 is 0. The van der Waals surface area contributed by atoms with Crippen molar-refractivity contribution in [2.45, 2.75) is 33.2 Å². The van der Waals surface area contributed by atoms with E-state index in [4.69, 9.17) is 5.73 Å². The van der Waals surface area contributed by atoms with Gasteiger partial charge in [-0.2, -0.15) is 0 Å². The second-order valence-electron chi connectivity index (χ2n) is 4.89. The Kier molecular flexibility index (Phi) is 2.59. The van der Waals surface area contributed by atoms with E-state index in [0.29, 0.717) is 6.04 Å². The van der Waals surface area contributed by atoms with Crippen molar-refractivity contribution in [3.8, 4) is 0 Å². The first-order valence-corrected chi connectivity index (χ1v) is 5.70. The van der Waals surface area contributed by atoms with E-state index in [1.54, 1.807) is 0 Å². The lowest BCUT2D eigenvalue weighted by Crippen LogP contribution is -2.27. The molecule has 0 aromatic heterocycles. The topological polar surface area (TPSA) is 29.3 Å². The van der Waals surface area contributed by atoms with Crippen LogP contribution in [0.4, 0.5) is 11.4 Å². The van der Waals surface area contributed by atoms with Gasteiger partial charge in [0.15, 0.2) is 0 Å². The van der Waals surface area contributed by atoms with Crippen LogP contribution in [0.25, 0.3) is 0 Å². The molecule has 2 rings (SSSR count). The molecule has 1 saturated heterocycles. The van der Waals surface area contributed by atoms with Crippen LogP contribution >= 0.6 is 0 Å². The molecule has 2 unspecified atom stereocenters. The largest absolute Gasteiger partial charge is 0.399 e. The summed E-state index contributed by atoms with van der Waals surface area (Å²) in [6.45, 7) is 7.94. The van der Waals surface area contributed by atoms with Crippen molar-refractivity contribution in [2.75, 3.05) is 17.2 Å². The minimum absolute atomic E-state index is 0.655. The van der Waals surface area contributed by atoms with Gasteiger partial charge >= 0.3 is 0 Å². The first-order chi connectivity index (χ1) is 7.08. The van der Waals surface area contributed by atoms with Gasteiger partial charge in [0.1, 0.15) is 0 Å². The summed E-state index contributed by atoms with van der Waals surface area (Å²) in [5.41, 5.74) is 9.26. The third-order valence-corrected chi connectivity index (χ3v) is 3.31. The molecule has 0 bridgehead atoms. The van der Waals surface area contributed by atoms with Gasteiger partial charge in [-0.05, 0) is 49.9 Å². The third kappa shape index (κ3) is 1.94. The van der Waals surface area contributed by atoms with Gasteiger partial charge < -0.3 is 10.6 Å². The Morgan fingerprint density at radius 1 is 1.33 bits per heavy atom. The first kappa shape index (κ1) is 10.3. The Morgan fingerprint density at radius 2 is 2.07 bits per heavy atom. The molecule has 0 spiro atoms. The van der Waals surface area contributed by atoms with Crippen molar-refractivity contribution in [2.24, 2.45) is 5.92 Å². The minimum Gasteiger partial charge on any atom is -0.399 e. The fourth-order valence-electron chi connectivity index (χ4n) is 2.64. The summed E-state index contributed by atoms with van der Waals surface area (Å²) >= 11 is 0. The van der Waals surface area contributed by atoms with Crippen molar-refractivity contribution in [1.29, 1.82) is 0 Å². The highest BCUT2D eigenvalue weighted by Crippen LogP contribution is 2.31. The molecule has 1 fully saturated rings. The number of benzene rings is 1. The zero-order valence-corrected chi connectivity index (χ0v) is 9.83. The van der Waals surface area contributed by atoms with Crippen LogP contribution in [0.2, 0.25) is 0 Å². The molecular weight excluding hydrogens is 184 g/mol. The number of aryl methyl sites for hydroxylation is 1. The minimum atomic E-state index is 0.655. The molecular formula is C13H20N2. The maximum atomic E-state index is 5.77. The average Bonchev–Trinajstić information content (AvgIpc) is 2.45. The number of nitrogen functional groups attached to an aromatic ring is 1. The number of anilines is 2. The molecule has 0 aliphatic carbocycles. The molecule has 0 amide bonds. The molecule has 1 aliphatic heterocycles. The summed E-state index contributed by atoms with van der Waals surface area (Å²) in [5, 5.41) is 0. The molecule has 15 heavy (non-hydrogen) atoms. The summed E-state index contributed by atoms with van der Waals surface area (Å²) in [7, 11) is 0. The van der Waals surface area contributed by atoms with E-state index < -0.39 is 0 Å². The quantitative estimate of drug-likeness (QED) is 0.713. The normalized spacial score (nSPS) is 25.9. The van der Waals surface area contributed by atoms with Crippen LogP contribution in [0, 0.1) is 12.8 Å². The number of nitrogens with zero attached hydrogens (tertiary/aromatic N) is 1. The third-order valence-electron chi connectivity index (χ3n) is 3.31. The highest BCUT2D eigenvalue weighted by Gasteiger charge is 2.26. The summed E-state index contributed by atoms with van der Waals surface area (Å²) in [6.07, 6.45) is 1.30. The van der Waals surface area contributed by atoms with E-state index >= 15 is 0 Å². The lowest BCUT2D eigenvalue weighted by atomic mass is 10.1. The highest BCUT2D eigenvalue weighted by atomic mass is 15.2. The SMILES string of the molecule is Cc1cc(N)ccc1N1CC(C)CC1C. The highest BCUT2D eigenvalue weighted by molar-refractivity contribution is 5.60. The smallest absolute Gasteiger partial charge is 0.0399 e. The second kappa shape index (κ2) is 3.76. The molecule has 1 aliphatic rings. The predicted octanol–water partition coefficient (Wildman–Crippen LogP) is 2.81. The average molecular weight is 204 g/mol. The zero-order valence-electron chi connectivity index (χ0n) is 9.83. The monoisotopic (exact) mass is 204 g/mol. The van der Waals surface area contributed by atoms with Crippen LogP contribution in [0.5, 0.6) is 0 Å². The number of nitrogens with two attached hydrogens (primary N) is 1. The Labute approximate surface area is 92.1 Å². The number of rotatable bonds is 1. The van der Waals surface area contributed by atoms with E-state index in [1.165, 1.54) is 24.2 Å². The van der Waals surface area contributed by atoms with Crippen molar-refractivity contribution < 1.29 is 0 Å². The van der Waals surface area contributed by atoms with Gasteiger partial charge in [0, 0.05) is 24.0 Å². The predicted molar refractivity (Wildman–Crippen MR) is 66.2 cm³/mol. The number of hydrogen-bond donors (Lipinski definition) is 1. The molecule has 82 valence electrons. The van der Waals surface area contributed by atoms with Gasteiger partial charge in [-0.15, -0.1) is 0 Å². The lowest BCUT2D eigenvalue weighted by Gasteiger charge is -2.25. The van der Waals surface area contributed by atoms with Crippen molar-refractivity contribution in [1.82, 2.24) is 0 Å². The molecule has 1 aromatic rings. The van der Waals surface area contributed by atoms with Crippen molar-refractivity contribution in [3.63, 3.8) is 0 Å². The van der Waals surface area contributed by atoms with E-state index in [1.807, 2.05) is 6.07 Å². The fourth-order valence-corrected chi connectivity index (χ4v) is 2.64. The maximum Gasteiger partial charge on any atom is 0.0399 e. The fraction of sp³-hybridized carbons (Fsp3) is 0.538. The Morgan fingerprint density at radius 3 is 2.60 bits per heavy atom. The maximum absolute atomic E-state index is 5.77. The Hall–Kier alpha value is -1.18. The van der Waals surface area contributed by atoms with E-state index in [0.717, 1.165) is 11.6 Å². The van der Waals surface area contributed by atoms with Crippen LogP contribution in [-0.4, -0.2) is 12.6 Å². The van der Waals surface area contributed by atoms with E-state index in [2.05, 4.69) is 37.8 Å². The molecule has 2 heteroatoms. The Balaban J connectivity index is 2.29. The standard InChI is InChI=1S/C13H20N2/c1-9-6-11(3)15(8-9)13-5-4-12(14)7-10(13)2/h4-5,7,9,11H,6,8,14H2,1-3H3. The molecule has 0 saturated carbocycles. The van der Waals surface area contributed by atoms with Gasteiger partial charge in [-0.3, -0.25) is 0 Å². The molecule has 0 radical (unpaired) electrons. The van der Waals surface area contributed by atoms with Crippen LogP contribution < -0.4 is 10.6 Å². The van der Waals surface area contributed by atoms with Crippen molar-refractivity contribution in [3.05, 3.63) is 23.8 Å². The van der Waals surface area contributed by atoms with Crippen LogP contribution in [-0.2, 0) is 0 Å². The molecule has 1 aromatic carbocycles. The van der Waals surface area contributed by atoms with Crippen LogP contribution in [0.1, 0.15) is 25.8 Å². The molecule has 2 N–H and O–H groups in total. The molecule has 1 heterocycles. The van der Waals surface area contributed by atoms with Gasteiger partial charge in [0.2, 0.25) is 0 Å². The molecule has 2 nitrogen and oxygen atoms in total. The van der Waals surface area contributed by atoms with Gasteiger partial charge in [-0.25, -0.2) is 0 Å². The van der Waals surface area contributed by atoms with Gasteiger partial charge in [0.25, 0.3) is 0 Å². The summed E-state index contributed by atoms with van der Waals surface area (Å²) in [6, 6.07) is 6.87. The van der Waals surface area contributed by atoms with Gasteiger partial charge in [0.05, 0.1) is 0 Å². The van der Waals surface area contributed by atoms with E-state index in [-0.39, 0.29) is 0 Å². The Bertz CT molecular complexity index is 360. The lowest BCUT2D eigenvalue weighted by molar-refractivity contribution is 0.625. The zero-order chi connectivity index (χ0) is 11.0. The summed E-state index contributed by atoms with van der Waals surface area (Å²) in [4.78, 5) is 2.50. The van der Waals surface area contributed by atoms with Crippen LogP contribution in [0.3, 0.4) is 0 Å². The van der Waals surface area contributed by atoms with Crippen LogP contribution in [0.15, 0.2) is 18.2 Å². The van der Waals surface area contributed by atoms with E-state index in [9.17, 15) is 0 Å². The van der Waals surface area contributed by atoms with Gasteiger partial charge in [-0.1, -0.05) is 6.92 Å². The van der Waals surface area contributed by atoms with Crippen molar-refractivity contribution >= 4 is 11.4 Å².